The van der Waals surface area contributed by atoms with E-state index in [1.807, 2.05) is 12.1 Å². The number of aryl methyl sites for hydroxylation is 1. The number of carbonyl (C=O) groups excluding carboxylic acids is 3. The van der Waals surface area contributed by atoms with Gasteiger partial charge in [0.25, 0.3) is 5.91 Å². The Morgan fingerprint density at radius 2 is 1.91 bits per heavy atom. The van der Waals surface area contributed by atoms with Crippen LogP contribution in [0.25, 0.3) is 0 Å². The molecule has 9 heteroatoms. The fourth-order valence-corrected chi connectivity index (χ4v) is 4.23. The van der Waals surface area contributed by atoms with Crippen molar-refractivity contribution in [1.82, 2.24) is 15.2 Å². The first kappa shape index (κ1) is 24.2. The third kappa shape index (κ3) is 5.13. The first-order valence-corrected chi connectivity index (χ1v) is 10.9. The lowest BCUT2D eigenvalue weighted by Crippen LogP contribution is -2.45. The lowest BCUT2D eigenvalue weighted by atomic mass is 9.96. The highest BCUT2D eigenvalue weighted by molar-refractivity contribution is 6.00. The fraction of sp³-hybridized carbons (Fsp3) is 0.458. The predicted molar refractivity (Wildman–Crippen MR) is 122 cm³/mol. The smallest absolute Gasteiger partial charge is 0.339 e. The molecule has 1 aromatic heterocycles. The van der Waals surface area contributed by atoms with Crippen LogP contribution in [0.3, 0.4) is 0 Å². The van der Waals surface area contributed by atoms with Crippen LogP contribution in [0.5, 0.6) is 11.5 Å². The summed E-state index contributed by atoms with van der Waals surface area (Å²) in [6.07, 6.45) is 1.42. The van der Waals surface area contributed by atoms with E-state index < -0.39 is 5.97 Å². The first-order chi connectivity index (χ1) is 15.8. The van der Waals surface area contributed by atoms with Gasteiger partial charge < -0.3 is 29.4 Å². The summed E-state index contributed by atoms with van der Waals surface area (Å²) >= 11 is 0. The van der Waals surface area contributed by atoms with Crippen LogP contribution in [-0.2, 0) is 16.1 Å². The molecule has 2 amide bonds. The van der Waals surface area contributed by atoms with E-state index in [-0.39, 0.29) is 17.7 Å². The van der Waals surface area contributed by atoms with Gasteiger partial charge >= 0.3 is 5.97 Å². The highest BCUT2D eigenvalue weighted by Crippen LogP contribution is 2.26. The molecule has 2 aromatic rings. The molecule has 0 saturated carbocycles. The molecule has 2 N–H and O–H groups in total. The number of piperidine rings is 1. The molecule has 1 aliphatic heterocycles. The molecular formula is C24H31N3O6. The number of methoxy groups -OCH3 is 3. The summed E-state index contributed by atoms with van der Waals surface area (Å²) in [6, 6.07) is 5.43. The Balaban J connectivity index is 1.66. The van der Waals surface area contributed by atoms with Gasteiger partial charge in [0.1, 0.15) is 17.2 Å². The third-order valence-corrected chi connectivity index (χ3v) is 6.07. The number of aromatic amines is 1. The van der Waals surface area contributed by atoms with Crippen LogP contribution in [0.1, 0.15) is 50.5 Å². The van der Waals surface area contributed by atoms with Crippen LogP contribution >= 0.6 is 0 Å². The topological polar surface area (TPSA) is 110 Å². The van der Waals surface area contributed by atoms with Gasteiger partial charge in [-0.2, -0.15) is 0 Å². The quantitative estimate of drug-likeness (QED) is 0.619. The zero-order valence-corrected chi connectivity index (χ0v) is 19.7. The summed E-state index contributed by atoms with van der Waals surface area (Å²) in [5.74, 6) is 0.177. The van der Waals surface area contributed by atoms with Gasteiger partial charge in [0.2, 0.25) is 5.91 Å². The van der Waals surface area contributed by atoms with Crippen LogP contribution in [0.2, 0.25) is 0 Å². The summed E-state index contributed by atoms with van der Waals surface area (Å²) in [5.41, 5.74) is 2.71. The number of nitrogens with zero attached hydrogens (tertiary/aromatic N) is 1. The molecule has 1 atom stereocenters. The highest BCUT2D eigenvalue weighted by atomic mass is 16.5. The van der Waals surface area contributed by atoms with Crippen molar-refractivity contribution < 1.29 is 28.6 Å². The number of hydrogen-bond acceptors (Lipinski definition) is 6. The maximum Gasteiger partial charge on any atom is 0.339 e. The molecule has 1 aliphatic rings. The highest BCUT2D eigenvalue weighted by Gasteiger charge is 2.31. The van der Waals surface area contributed by atoms with Crippen LogP contribution in [0.15, 0.2) is 18.2 Å². The number of carbonyl (C=O) groups is 3. The van der Waals surface area contributed by atoms with Crippen LogP contribution in [0.4, 0.5) is 0 Å². The summed E-state index contributed by atoms with van der Waals surface area (Å²) < 4.78 is 15.4. The molecule has 2 heterocycles. The molecule has 3 rings (SSSR count). The van der Waals surface area contributed by atoms with Gasteiger partial charge in [0.05, 0.1) is 32.8 Å². The molecule has 9 nitrogen and oxygen atoms in total. The minimum absolute atomic E-state index is 0.111. The van der Waals surface area contributed by atoms with Crippen LogP contribution in [0, 0.1) is 19.8 Å². The second-order valence-corrected chi connectivity index (χ2v) is 8.10. The molecule has 178 valence electrons. The summed E-state index contributed by atoms with van der Waals surface area (Å²) in [4.78, 5) is 42.8. The summed E-state index contributed by atoms with van der Waals surface area (Å²) in [7, 11) is 4.46. The van der Waals surface area contributed by atoms with E-state index >= 15 is 0 Å². The maximum absolute atomic E-state index is 13.2. The second-order valence-electron chi connectivity index (χ2n) is 8.10. The Kier molecular flexibility index (Phi) is 7.63. The predicted octanol–water partition coefficient (Wildman–Crippen LogP) is 2.60. The number of esters is 1. The van der Waals surface area contributed by atoms with E-state index in [0.29, 0.717) is 60.1 Å². The van der Waals surface area contributed by atoms with E-state index in [1.165, 1.54) is 7.11 Å². The number of ether oxygens (including phenoxy) is 3. The van der Waals surface area contributed by atoms with Crippen molar-refractivity contribution in [3.8, 4) is 11.5 Å². The van der Waals surface area contributed by atoms with Crippen LogP contribution < -0.4 is 14.8 Å². The zero-order chi connectivity index (χ0) is 24.1. The lowest BCUT2D eigenvalue weighted by Gasteiger charge is -2.32. The molecule has 0 radical (unpaired) electrons. The summed E-state index contributed by atoms with van der Waals surface area (Å²) in [6.45, 7) is 4.64. The van der Waals surface area contributed by atoms with Crippen molar-refractivity contribution in [3.05, 3.63) is 46.3 Å². The molecule has 0 bridgehead atoms. The largest absolute Gasteiger partial charge is 0.497 e. The van der Waals surface area contributed by atoms with E-state index in [2.05, 4.69) is 10.3 Å². The first-order valence-electron chi connectivity index (χ1n) is 10.9. The minimum Gasteiger partial charge on any atom is -0.497 e. The molecule has 1 aromatic carbocycles. The fourth-order valence-electron chi connectivity index (χ4n) is 4.23. The van der Waals surface area contributed by atoms with Gasteiger partial charge in [-0.25, -0.2) is 4.79 Å². The Bertz CT molecular complexity index is 1050. The Labute approximate surface area is 193 Å². The van der Waals surface area contributed by atoms with Crippen molar-refractivity contribution in [2.45, 2.75) is 33.2 Å². The van der Waals surface area contributed by atoms with Gasteiger partial charge in [-0.05, 0) is 44.4 Å². The molecule has 0 unspecified atom stereocenters. The lowest BCUT2D eigenvalue weighted by molar-refractivity contribution is -0.126. The molecule has 1 fully saturated rings. The van der Waals surface area contributed by atoms with Crippen molar-refractivity contribution in [2.75, 3.05) is 34.4 Å². The second kappa shape index (κ2) is 10.4. The number of nitrogens with one attached hydrogen (secondary N) is 2. The van der Waals surface area contributed by atoms with Gasteiger partial charge in [-0.3, -0.25) is 9.59 Å². The SMILES string of the molecule is COC(=O)c1c(C)[nH]c(C(=O)N2CCC[C@H](C(=O)NCc3ccc(OC)cc3OC)C2)c1C. The van der Waals surface area contributed by atoms with E-state index in [0.717, 1.165) is 12.0 Å². The standard InChI is InChI=1S/C24H31N3O6/c1-14-20(24(30)33-5)15(2)26-21(14)23(29)27-10-6-7-17(13-27)22(28)25-12-16-8-9-18(31-3)11-19(16)32-4/h8-9,11,17,26H,6-7,10,12-13H2,1-5H3,(H,25,28)/t17-/m0/s1. The zero-order valence-electron chi connectivity index (χ0n) is 19.7. The Morgan fingerprint density at radius 3 is 2.58 bits per heavy atom. The molecular weight excluding hydrogens is 426 g/mol. The van der Waals surface area contributed by atoms with E-state index in [9.17, 15) is 14.4 Å². The Hall–Kier alpha value is -3.49. The number of aromatic nitrogens is 1. The molecule has 33 heavy (non-hydrogen) atoms. The molecule has 0 spiro atoms. The van der Waals surface area contributed by atoms with Crippen molar-refractivity contribution in [3.63, 3.8) is 0 Å². The van der Waals surface area contributed by atoms with E-state index in [1.54, 1.807) is 39.0 Å². The van der Waals surface area contributed by atoms with Crippen molar-refractivity contribution in [1.29, 1.82) is 0 Å². The number of amides is 2. The summed E-state index contributed by atoms with van der Waals surface area (Å²) in [5, 5.41) is 2.96. The average Bonchev–Trinajstić information content (AvgIpc) is 3.14. The average molecular weight is 458 g/mol. The van der Waals surface area contributed by atoms with Crippen molar-refractivity contribution >= 4 is 17.8 Å². The normalized spacial score (nSPS) is 15.7. The minimum atomic E-state index is -0.481. The number of rotatable bonds is 7. The molecule has 0 aliphatic carbocycles. The third-order valence-electron chi connectivity index (χ3n) is 6.07. The monoisotopic (exact) mass is 457 g/mol. The number of H-pyrrole nitrogens is 1. The Morgan fingerprint density at radius 1 is 1.15 bits per heavy atom. The van der Waals surface area contributed by atoms with Gasteiger partial charge in [0.15, 0.2) is 0 Å². The number of benzene rings is 1. The van der Waals surface area contributed by atoms with Crippen molar-refractivity contribution in [2.24, 2.45) is 5.92 Å². The molecule has 1 saturated heterocycles. The number of hydrogen-bond donors (Lipinski definition) is 2. The van der Waals surface area contributed by atoms with Gasteiger partial charge in [-0.1, -0.05) is 0 Å². The maximum atomic E-state index is 13.2. The number of likely N-dealkylation sites (tertiary alicyclic amines) is 1. The van der Waals surface area contributed by atoms with Crippen LogP contribution in [-0.4, -0.2) is 62.1 Å². The van der Waals surface area contributed by atoms with Gasteiger partial charge in [0, 0.05) is 37.0 Å². The van der Waals surface area contributed by atoms with Gasteiger partial charge in [-0.15, -0.1) is 0 Å². The van der Waals surface area contributed by atoms with E-state index in [4.69, 9.17) is 14.2 Å².